The number of methoxy groups -OCH3 is 2. The molecule has 0 spiro atoms. The molecule has 0 aliphatic heterocycles. The summed E-state index contributed by atoms with van der Waals surface area (Å²) >= 11 is 1.46. The number of carbonyl (C=O) groups excluding carboxylic acids is 2. The smallest absolute Gasteiger partial charge is 0.350 e. The quantitative estimate of drug-likeness (QED) is 0.263. The first-order valence-electron chi connectivity index (χ1n) is 12.8. The third-order valence-corrected chi connectivity index (χ3v) is 8.26. The van der Waals surface area contributed by atoms with Crippen molar-refractivity contribution in [2.45, 2.75) is 84.2 Å². The molecule has 1 aromatic heterocycles. The molecule has 6 nitrogen and oxygen atoms in total. The summed E-state index contributed by atoms with van der Waals surface area (Å²) in [5.74, 6) is 0.466. The minimum Gasteiger partial charge on any atom is -0.465 e. The average Bonchev–Trinajstić information content (AvgIpc) is 3.30. The topological polar surface area (TPSA) is 65.1 Å². The largest absolute Gasteiger partial charge is 0.465 e. The average molecular weight is 492 g/mol. The molecule has 0 bridgehead atoms. The van der Waals surface area contributed by atoms with E-state index in [0.29, 0.717) is 23.0 Å². The highest BCUT2D eigenvalue weighted by atomic mass is 32.1. The van der Waals surface area contributed by atoms with Crippen LogP contribution in [0.2, 0.25) is 0 Å². The van der Waals surface area contributed by atoms with Gasteiger partial charge in [-0.15, -0.1) is 11.3 Å². The van der Waals surface area contributed by atoms with Crippen LogP contribution in [0.1, 0.15) is 92.6 Å². The normalized spacial score (nSPS) is 21.6. The maximum absolute atomic E-state index is 13.8. The third kappa shape index (κ3) is 7.15. The van der Waals surface area contributed by atoms with Gasteiger partial charge in [0, 0.05) is 24.4 Å². The van der Waals surface area contributed by atoms with Crippen molar-refractivity contribution in [3.8, 4) is 0 Å². The molecule has 1 amide bonds. The molecular formula is C27H41NO5S. The highest BCUT2D eigenvalue weighted by Crippen LogP contribution is 2.40. The third-order valence-electron chi connectivity index (χ3n) is 7.08. The van der Waals surface area contributed by atoms with Gasteiger partial charge in [-0.2, -0.15) is 0 Å². The first-order valence-corrected chi connectivity index (χ1v) is 13.6. The zero-order valence-electron chi connectivity index (χ0n) is 21.3. The highest BCUT2D eigenvalue weighted by Gasteiger charge is 2.32. The molecule has 1 aromatic rings. The fourth-order valence-electron chi connectivity index (χ4n) is 4.92. The second-order valence-corrected chi connectivity index (χ2v) is 10.8. The van der Waals surface area contributed by atoms with E-state index in [1.165, 1.54) is 30.4 Å². The Bertz CT molecular complexity index is 840. The lowest BCUT2D eigenvalue weighted by molar-refractivity contribution is -0.123. The molecule has 2 aliphatic rings. The molecule has 3 rings (SSSR count). The second-order valence-electron chi connectivity index (χ2n) is 9.76. The summed E-state index contributed by atoms with van der Waals surface area (Å²) in [4.78, 5) is 30.1. The van der Waals surface area contributed by atoms with Crippen molar-refractivity contribution >= 4 is 34.5 Å². The molecule has 1 unspecified atom stereocenters. The summed E-state index contributed by atoms with van der Waals surface area (Å²) < 4.78 is 15.8. The number of ether oxygens (including phenoxy) is 3. The Hall–Kier alpha value is -1.70. The molecule has 34 heavy (non-hydrogen) atoms. The van der Waals surface area contributed by atoms with E-state index in [1.807, 2.05) is 11.8 Å². The van der Waals surface area contributed by atoms with Gasteiger partial charge in [0.2, 0.25) is 5.91 Å². The lowest BCUT2D eigenvalue weighted by Gasteiger charge is -2.31. The molecule has 1 atom stereocenters. The van der Waals surface area contributed by atoms with Crippen LogP contribution in [0.4, 0.5) is 5.69 Å². The number of anilines is 1. The van der Waals surface area contributed by atoms with Gasteiger partial charge in [-0.05, 0) is 88.7 Å². The Morgan fingerprint density at radius 3 is 2.59 bits per heavy atom. The van der Waals surface area contributed by atoms with Crippen LogP contribution >= 0.6 is 11.3 Å². The molecular weight excluding hydrogens is 450 g/mol. The van der Waals surface area contributed by atoms with E-state index >= 15 is 0 Å². The van der Waals surface area contributed by atoms with Gasteiger partial charge in [0.25, 0.3) is 0 Å². The van der Waals surface area contributed by atoms with Crippen LogP contribution in [0, 0.1) is 11.8 Å². The number of thiophene rings is 1. The summed E-state index contributed by atoms with van der Waals surface area (Å²) in [5.41, 5.74) is 2.00. The Labute approximate surface area is 208 Å². The van der Waals surface area contributed by atoms with Crippen LogP contribution in [0.5, 0.6) is 0 Å². The zero-order chi connectivity index (χ0) is 24.5. The molecule has 0 N–H and O–H groups in total. The van der Waals surface area contributed by atoms with Crippen molar-refractivity contribution in [2.75, 3.05) is 32.5 Å². The molecule has 0 saturated heterocycles. The van der Waals surface area contributed by atoms with Crippen LogP contribution < -0.4 is 4.90 Å². The van der Waals surface area contributed by atoms with E-state index in [9.17, 15) is 9.59 Å². The van der Waals surface area contributed by atoms with Crippen LogP contribution in [0.15, 0.2) is 12.1 Å². The minimum absolute atomic E-state index is 0.0149. The fraction of sp³-hybridized carbons (Fsp3) is 0.704. The van der Waals surface area contributed by atoms with Gasteiger partial charge < -0.3 is 19.1 Å². The van der Waals surface area contributed by atoms with Crippen LogP contribution in [0.25, 0.3) is 5.57 Å². The maximum atomic E-state index is 13.8. The molecule has 0 radical (unpaired) electrons. The Kier molecular flexibility index (Phi) is 10.6. The fourth-order valence-corrected chi connectivity index (χ4v) is 6.07. The van der Waals surface area contributed by atoms with Crippen molar-refractivity contribution in [3.05, 3.63) is 21.9 Å². The highest BCUT2D eigenvalue weighted by molar-refractivity contribution is 7.15. The van der Waals surface area contributed by atoms with Crippen LogP contribution in [-0.4, -0.2) is 45.5 Å². The second kappa shape index (κ2) is 13.4. The Balaban J connectivity index is 1.87. The summed E-state index contributed by atoms with van der Waals surface area (Å²) in [5, 5.41) is 0. The Morgan fingerprint density at radius 2 is 1.94 bits per heavy atom. The summed E-state index contributed by atoms with van der Waals surface area (Å²) in [6.07, 6.45) is 12.4. The van der Waals surface area contributed by atoms with E-state index in [2.05, 4.69) is 19.1 Å². The van der Waals surface area contributed by atoms with Gasteiger partial charge in [-0.1, -0.05) is 13.0 Å². The Morgan fingerprint density at radius 1 is 1.18 bits per heavy atom. The van der Waals surface area contributed by atoms with Crippen LogP contribution in [-0.2, 0) is 19.0 Å². The molecule has 0 aromatic carbocycles. The number of hydrogen-bond acceptors (Lipinski definition) is 6. The molecule has 1 saturated carbocycles. The molecule has 190 valence electrons. The first kappa shape index (κ1) is 26.9. The van der Waals surface area contributed by atoms with Gasteiger partial charge in [0.05, 0.1) is 18.9 Å². The number of hydrogen-bond donors (Lipinski definition) is 0. The number of carbonyl (C=O) groups is 2. The molecule has 1 fully saturated rings. The van der Waals surface area contributed by atoms with E-state index in [-0.39, 0.29) is 30.7 Å². The standard InChI is InChI=1S/C27H41NO5S/c1-19-12-14-22(15-13-19)26(29)28(16-8-9-20(2)33-18-31-3)23-17-24(21-10-6-5-7-11-21)34-25(23)27(30)32-4/h10,17,19-20,22H,5-9,11-16,18H2,1-4H3. The van der Waals surface area contributed by atoms with E-state index < -0.39 is 0 Å². The number of rotatable bonds is 11. The van der Waals surface area contributed by atoms with Crippen molar-refractivity contribution in [1.82, 2.24) is 0 Å². The molecule has 2 aliphatic carbocycles. The van der Waals surface area contributed by atoms with Crippen molar-refractivity contribution in [3.63, 3.8) is 0 Å². The van der Waals surface area contributed by atoms with E-state index in [0.717, 1.165) is 62.7 Å². The van der Waals surface area contributed by atoms with Gasteiger partial charge in [-0.3, -0.25) is 4.79 Å². The zero-order valence-corrected chi connectivity index (χ0v) is 22.1. The number of amides is 1. The van der Waals surface area contributed by atoms with Gasteiger partial charge in [0.15, 0.2) is 0 Å². The SMILES string of the molecule is COCOC(C)CCCN(C(=O)C1CCC(C)CC1)c1cc(C2=CCCCC2)sc1C(=O)OC. The first-order chi connectivity index (χ1) is 16.4. The van der Waals surface area contributed by atoms with Crippen molar-refractivity contribution in [2.24, 2.45) is 11.8 Å². The van der Waals surface area contributed by atoms with Gasteiger partial charge >= 0.3 is 5.97 Å². The van der Waals surface area contributed by atoms with E-state index in [1.54, 1.807) is 7.11 Å². The number of esters is 1. The predicted octanol–water partition coefficient (Wildman–Crippen LogP) is 6.44. The number of nitrogens with zero attached hydrogens (tertiary/aromatic N) is 1. The lowest BCUT2D eigenvalue weighted by Crippen LogP contribution is -2.39. The molecule has 1 heterocycles. The van der Waals surface area contributed by atoms with Gasteiger partial charge in [-0.25, -0.2) is 4.79 Å². The number of allylic oxidation sites excluding steroid dienone is 2. The van der Waals surface area contributed by atoms with Crippen molar-refractivity contribution in [1.29, 1.82) is 0 Å². The van der Waals surface area contributed by atoms with Crippen molar-refractivity contribution < 1.29 is 23.8 Å². The predicted molar refractivity (Wildman–Crippen MR) is 137 cm³/mol. The van der Waals surface area contributed by atoms with Crippen LogP contribution in [0.3, 0.4) is 0 Å². The maximum Gasteiger partial charge on any atom is 0.350 e. The summed E-state index contributed by atoms with van der Waals surface area (Å²) in [6, 6.07) is 2.06. The summed E-state index contributed by atoms with van der Waals surface area (Å²) in [6.45, 7) is 5.11. The monoisotopic (exact) mass is 491 g/mol. The summed E-state index contributed by atoms with van der Waals surface area (Å²) in [7, 11) is 3.03. The lowest BCUT2D eigenvalue weighted by atomic mass is 9.82. The van der Waals surface area contributed by atoms with Gasteiger partial charge in [0.1, 0.15) is 11.7 Å². The minimum atomic E-state index is -0.366. The molecule has 7 heteroatoms. The van der Waals surface area contributed by atoms with E-state index in [4.69, 9.17) is 14.2 Å².